The molecule has 138 valence electrons. The molecule has 0 saturated carbocycles. The Hall–Kier alpha value is -3.02. The molecule has 0 radical (unpaired) electrons. The minimum Gasteiger partial charge on any atom is -0.497 e. The predicted octanol–water partition coefficient (Wildman–Crippen LogP) is 2.49. The lowest BCUT2D eigenvalue weighted by molar-refractivity contribution is -0.139. The van der Waals surface area contributed by atoms with Crippen LogP contribution < -0.4 is 14.8 Å². The van der Waals surface area contributed by atoms with Gasteiger partial charge in [-0.25, -0.2) is 0 Å². The second-order valence-corrected chi connectivity index (χ2v) is 5.72. The van der Waals surface area contributed by atoms with Crippen LogP contribution in [0.5, 0.6) is 11.5 Å². The Morgan fingerprint density at radius 3 is 2.08 bits per heavy atom. The lowest BCUT2D eigenvalue weighted by Gasteiger charge is -2.15. The minimum atomic E-state index is -0.639. The molecule has 0 aliphatic rings. The lowest BCUT2D eigenvalue weighted by atomic mass is 10.1. The van der Waals surface area contributed by atoms with Gasteiger partial charge in [-0.15, -0.1) is 0 Å². The average Bonchev–Trinajstić information content (AvgIpc) is 2.67. The van der Waals surface area contributed by atoms with Crippen LogP contribution in [0.4, 0.5) is 0 Å². The standard InChI is InChI=1S/C20H23NO5/c1-14(20(23)21-13-16-6-8-17(24-2)9-7-16)26-18-10-4-15(5-11-18)12-19(22)25-3/h4-11,14H,12-13H2,1-3H3,(H,21,23)/t14-/m1/s1. The van der Waals surface area contributed by atoms with Crippen LogP contribution in [0.25, 0.3) is 0 Å². The summed E-state index contributed by atoms with van der Waals surface area (Å²) in [5.74, 6) is 0.822. The van der Waals surface area contributed by atoms with E-state index in [1.807, 2.05) is 24.3 Å². The summed E-state index contributed by atoms with van der Waals surface area (Å²) in [6.45, 7) is 2.10. The molecular weight excluding hydrogens is 334 g/mol. The Kier molecular flexibility index (Phi) is 7.02. The summed E-state index contributed by atoms with van der Waals surface area (Å²) in [6, 6.07) is 14.5. The number of rotatable bonds is 8. The maximum absolute atomic E-state index is 12.2. The quantitative estimate of drug-likeness (QED) is 0.735. The van der Waals surface area contributed by atoms with E-state index < -0.39 is 6.10 Å². The number of hydrogen-bond acceptors (Lipinski definition) is 5. The highest BCUT2D eigenvalue weighted by molar-refractivity contribution is 5.80. The van der Waals surface area contributed by atoms with Crippen molar-refractivity contribution in [2.24, 2.45) is 0 Å². The molecule has 1 N–H and O–H groups in total. The second-order valence-electron chi connectivity index (χ2n) is 5.72. The molecule has 0 aliphatic carbocycles. The monoisotopic (exact) mass is 357 g/mol. The van der Waals surface area contributed by atoms with E-state index in [4.69, 9.17) is 9.47 Å². The molecule has 2 aromatic carbocycles. The van der Waals surface area contributed by atoms with Crippen LogP contribution in [0.3, 0.4) is 0 Å². The van der Waals surface area contributed by atoms with Gasteiger partial charge in [-0.2, -0.15) is 0 Å². The normalized spacial score (nSPS) is 11.3. The number of methoxy groups -OCH3 is 2. The predicted molar refractivity (Wildman–Crippen MR) is 97.1 cm³/mol. The molecule has 2 rings (SSSR count). The van der Waals surface area contributed by atoms with Gasteiger partial charge in [-0.1, -0.05) is 24.3 Å². The molecular formula is C20H23NO5. The topological polar surface area (TPSA) is 73.9 Å². The highest BCUT2D eigenvalue weighted by atomic mass is 16.5. The molecule has 0 heterocycles. The van der Waals surface area contributed by atoms with E-state index in [0.29, 0.717) is 12.3 Å². The van der Waals surface area contributed by atoms with Gasteiger partial charge in [0.2, 0.25) is 0 Å². The van der Waals surface area contributed by atoms with Crippen molar-refractivity contribution in [1.29, 1.82) is 0 Å². The van der Waals surface area contributed by atoms with Gasteiger partial charge in [-0.3, -0.25) is 9.59 Å². The van der Waals surface area contributed by atoms with Crippen molar-refractivity contribution in [3.63, 3.8) is 0 Å². The third kappa shape index (κ3) is 5.81. The summed E-state index contributed by atoms with van der Waals surface area (Å²) in [5, 5.41) is 2.84. The van der Waals surface area contributed by atoms with Crippen LogP contribution in [0.1, 0.15) is 18.1 Å². The maximum Gasteiger partial charge on any atom is 0.309 e. The number of hydrogen-bond donors (Lipinski definition) is 1. The molecule has 0 aromatic heterocycles. The van der Waals surface area contributed by atoms with Gasteiger partial charge in [0.25, 0.3) is 5.91 Å². The van der Waals surface area contributed by atoms with Crippen LogP contribution in [-0.4, -0.2) is 32.2 Å². The summed E-state index contributed by atoms with van der Waals surface area (Å²) in [7, 11) is 2.96. The number of nitrogens with one attached hydrogen (secondary N) is 1. The van der Waals surface area contributed by atoms with Crippen molar-refractivity contribution < 1.29 is 23.8 Å². The number of benzene rings is 2. The number of ether oxygens (including phenoxy) is 3. The smallest absolute Gasteiger partial charge is 0.309 e. The average molecular weight is 357 g/mol. The maximum atomic E-state index is 12.2. The van der Waals surface area contributed by atoms with Crippen molar-refractivity contribution >= 4 is 11.9 Å². The number of amides is 1. The molecule has 0 unspecified atom stereocenters. The van der Waals surface area contributed by atoms with Crippen molar-refractivity contribution in [1.82, 2.24) is 5.32 Å². The van der Waals surface area contributed by atoms with Crippen LogP contribution in [0.2, 0.25) is 0 Å². The molecule has 1 atom stereocenters. The summed E-state index contributed by atoms with van der Waals surface area (Å²) in [5.41, 5.74) is 1.79. The fraction of sp³-hybridized carbons (Fsp3) is 0.300. The molecule has 6 nitrogen and oxygen atoms in total. The third-order valence-corrected chi connectivity index (χ3v) is 3.81. The first-order valence-corrected chi connectivity index (χ1v) is 8.25. The minimum absolute atomic E-state index is 0.203. The van der Waals surface area contributed by atoms with E-state index >= 15 is 0 Å². The summed E-state index contributed by atoms with van der Waals surface area (Å²) in [4.78, 5) is 23.4. The SMILES string of the molecule is COC(=O)Cc1ccc(O[C@H](C)C(=O)NCc2ccc(OC)cc2)cc1. The highest BCUT2D eigenvalue weighted by Gasteiger charge is 2.14. The van der Waals surface area contributed by atoms with Crippen molar-refractivity contribution in [3.05, 3.63) is 59.7 Å². The highest BCUT2D eigenvalue weighted by Crippen LogP contribution is 2.15. The van der Waals surface area contributed by atoms with Crippen molar-refractivity contribution in [3.8, 4) is 11.5 Å². The van der Waals surface area contributed by atoms with E-state index in [9.17, 15) is 9.59 Å². The van der Waals surface area contributed by atoms with Gasteiger partial charge in [0.1, 0.15) is 11.5 Å². The fourth-order valence-electron chi connectivity index (χ4n) is 2.26. The second kappa shape index (κ2) is 9.46. The zero-order valence-electron chi connectivity index (χ0n) is 15.2. The lowest BCUT2D eigenvalue weighted by Crippen LogP contribution is -2.35. The fourth-order valence-corrected chi connectivity index (χ4v) is 2.26. The van der Waals surface area contributed by atoms with E-state index in [1.165, 1.54) is 7.11 Å². The van der Waals surface area contributed by atoms with Crippen LogP contribution >= 0.6 is 0 Å². The zero-order valence-corrected chi connectivity index (χ0v) is 15.2. The first kappa shape index (κ1) is 19.3. The van der Waals surface area contributed by atoms with Crippen LogP contribution in [-0.2, 0) is 27.3 Å². The van der Waals surface area contributed by atoms with Crippen molar-refractivity contribution in [2.75, 3.05) is 14.2 Å². The largest absolute Gasteiger partial charge is 0.497 e. The number of esters is 1. The molecule has 0 aliphatic heterocycles. The summed E-state index contributed by atoms with van der Waals surface area (Å²) in [6.07, 6.45) is -0.436. The van der Waals surface area contributed by atoms with Crippen LogP contribution in [0.15, 0.2) is 48.5 Å². The Morgan fingerprint density at radius 2 is 1.50 bits per heavy atom. The van der Waals surface area contributed by atoms with Crippen LogP contribution in [0, 0.1) is 0 Å². The van der Waals surface area contributed by atoms with E-state index in [-0.39, 0.29) is 18.3 Å². The Morgan fingerprint density at radius 1 is 0.923 bits per heavy atom. The molecule has 2 aromatic rings. The van der Waals surface area contributed by atoms with E-state index in [2.05, 4.69) is 10.1 Å². The van der Waals surface area contributed by atoms with Gasteiger partial charge in [0.15, 0.2) is 6.10 Å². The van der Waals surface area contributed by atoms with Gasteiger partial charge >= 0.3 is 5.97 Å². The van der Waals surface area contributed by atoms with E-state index in [1.54, 1.807) is 38.3 Å². The van der Waals surface area contributed by atoms with Gasteiger partial charge in [0.05, 0.1) is 20.6 Å². The molecule has 6 heteroatoms. The summed E-state index contributed by atoms with van der Waals surface area (Å²) < 4.78 is 15.4. The third-order valence-electron chi connectivity index (χ3n) is 3.81. The van der Waals surface area contributed by atoms with Gasteiger partial charge < -0.3 is 19.5 Å². The zero-order chi connectivity index (χ0) is 18.9. The van der Waals surface area contributed by atoms with Crippen molar-refractivity contribution in [2.45, 2.75) is 26.0 Å². The molecule has 0 spiro atoms. The molecule has 0 bridgehead atoms. The molecule has 0 saturated heterocycles. The molecule has 1 amide bonds. The number of carbonyl (C=O) groups is 2. The van der Waals surface area contributed by atoms with Gasteiger partial charge in [-0.05, 0) is 42.3 Å². The van der Waals surface area contributed by atoms with Gasteiger partial charge in [0, 0.05) is 6.54 Å². The first-order valence-electron chi connectivity index (χ1n) is 8.25. The Labute approximate surface area is 153 Å². The first-order chi connectivity index (χ1) is 12.5. The Bertz CT molecular complexity index is 725. The molecule has 26 heavy (non-hydrogen) atoms. The number of carbonyl (C=O) groups excluding carboxylic acids is 2. The molecule has 0 fully saturated rings. The van der Waals surface area contributed by atoms with E-state index in [0.717, 1.165) is 16.9 Å². The summed E-state index contributed by atoms with van der Waals surface area (Å²) >= 11 is 0. The Balaban J connectivity index is 1.83.